The van der Waals surface area contributed by atoms with Gasteiger partial charge in [-0.3, -0.25) is 0 Å². The number of hydrogen-bond acceptors (Lipinski definition) is 0. The van der Waals surface area contributed by atoms with E-state index in [1.54, 1.807) is 0 Å². The van der Waals surface area contributed by atoms with E-state index in [4.69, 9.17) is 0 Å². The Morgan fingerprint density at radius 3 is 1.79 bits per heavy atom. The first kappa shape index (κ1) is 20.8. The minimum atomic E-state index is 0.470. The second-order valence-electron chi connectivity index (χ2n) is 7.26. The summed E-state index contributed by atoms with van der Waals surface area (Å²) in [6, 6.07) is 0. The molecular formula is C19H38. The molecule has 114 valence electrons. The normalized spacial score (nSPS) is 10.9. The van der Waals surface area contributed by atoms with Gasteiger partial charge in [0.2, 0.25) is 0 Å². The molecule has 0 aliphatic carbocycles. The maximum atomic E-state index is 3.98. The Labute approximate surface area is 123 Å². The van der Waals surface area contributed by atoms with E-state index in [9.17, 15) is 0 Å². The molecule has 0 heteroatoms. The van der Waals surface area contributed by atoms with Crippen LogP contribution in [0.4, 0.5) is 0 Å². The third kappa shape index (κ3) is 20.0. The SMILES string of the molecule is C=C(CC)CCC(C)(C)C.C=C(CCC)CC(C)C. The van der Waals surface area contributed by atoms with Gasteiger partial charge in [-0.05, 0) is 43.4 Å². The molecular weight excluding hydrogens is 228 g/mol. The third-order valence-corrected chi connectivity index (χ3v) is 3.03. The molecule has 0 radical (unpaired) electrons. The standard InChI is InChI=1S/C10H20.C9H18/c1-6-9(2)7-8-10(3,4)5;1-5-6-9(4)7-8(2)3/h2,6-8H2,1,3-5H3;8H,4-7H2,1-3H3. The van der Waals surface area contributed by atoms with E-state index in [0.717, 1.165) is 12.3 Å². The molecule has 0 rings (SSSR count). The molecule has 0 spiro atoms. The van der Waals surface area contributed by atoms with Gasteiger partial charge in [0.05, 0.1) is 0 Å². The first-order valence-electron chi connectivity index (χ1n) is 7.95. The highest BCUT2D eigenvalue weighted by Crippen LogP contribution is 2.23. The van der Waals surface area contributed by atoms with E-state index < -0.39 is 0 Å². The van der Waals surface area contributed by atoms with E-state index >= 15 is 0 Å². The molecule has 0 saturated heterocycles. The largest absolute Gasteiger partial charge is 0.0999 e. The fraction of sp³-hybridized carbons (Fsp3) is 0.789. The summed E-state index contributed by atoms with van der Waals surface area (Å²) in [5, 5.41) is 0. The lowest BCUT2D eigenvalue weighted by molar-refractivity contribution is 0.376. The van der Waals surface area contributed by atoms with Gasteiger partial charge in [-0.25, -0.2) is 0 Å². The maximum absolute atomic E-state index is 3.98. The summed E-state index contributed by atoms with van der Waals surface area (Å²) in [4.78, 5) is 0. The molecule has 0 fully saturated rings. The Kier molecular flexibility index (Phi) is 12.4. The zero-order valence-corrected chi connectivity index (χ0v) is 14.7. The van der Waals surface area contributed by atoms with Gasteiger partial charge in [0.15, 0.2) is 0 Å². The Hall–Kier alpha value is -0.520. The van der Waals surface area contributed by atoms with Crippen molar-refractivity contribution in [1.29, 1.82) is 0 Å². The first-order chi connectivity index (χ1) is 8.62. The van der Waals surface area contributed by atoms with E-state index in [2.05, 4.69) is 61.6 Å². The fourth-order valence-electron chi connectivity index (χ4n) is 1.76. The van der Waals surface area contributed by atoms with Gasteiger partial charge < -0.3 is 0 Å². The molecule has 0 bridgehead atoms. The van der Waals surface area contributed by atoms with Crippen LogP contribution < -0.4 is 0 Å². The van der Waals surface area contributed by atoms with Gasteiger partial charge >= 0.3 is 0 Å². The molecule has 19 heavy (non-hydrogen) atoms. The summed E-state index contributed by atoms with van der Waals surface area (Å²) >= 11 is 0. The smallest absolute Gasteiger partial charge is 0.0300 e. The molecule has 0 unspecified atom stereocenters. The highest BCUT2D eigenvalue weighted by atomic mass is 14.1. The zero-order valence-electron chi connectivity index (χ0n) is 14.7. The van der Waals surface area contributed by atoms with Gasteiger partial charge in [-0.2, -0.15) is 0 Å². The molecule has 0 amide bonds. The Balaban J connectivity index is 0. The quantitative estimate of drug-likeness (QED) is 0.428. The predicted octanol–water partition coefficient (Wildman–Crippen LogP) is 7.17. The summed E-state index contributed by atoms with van der Waals surface area (Å²) in [6.45, 7) is 23.6. The van der Waals surface area contributed by atoms with Crippen molar-refractivity contribution >= 4 is 0 Å². The maximum Gasteiger partial charge on any atom is -0.0300 e. The summed E-state index contributed by atoms with van der Waals surface area (Å²) in [5.74, 6) is 0.782. The van der Waals surface area contributed by atoms with Crippen LogP contribution in [0.5, 0.6) is 0 Å². The highest BCUT2D eigenvalue weighted by Gasteiger charge is 2.09. The van der Waals surface area contributed by atoms with Crippen LogP contribution in [-0.2, 0) is 0 Å². The molecule has 0 aromatic carbocycles. The van der Waals surface area contributed by atoms with Crippen molar-refractivity contribution in [1.82, 2.24) is 0 Å². The Morgan fingerprint density at radius 2 is 1.47 bits per heavy atom. The predicted molar refractivity (Wildman–Crippen MR) is 91.6 cm³/mol. The van der Waals surface area contributed by atoms with Crippen LogP contribution in [0, 0.1) is 11.3 Å². The summed E-state index contributed by atoms with van der Waals surface area (Å²) in [6.07, 6.45) is 7.24. The van der Waals surface area contributed by atoms with Crippen molar-refractivity contribution in [2.45, 2.75) is 87.0 Å². The highest BCUT2D eigenvalue weighted by molar-refractivity contribution is 4.94. The van der Waals surface area contributed by atoms with Crippen LogP contribution in [0.25, 0.3) is 0 Å². The van der Waals surface area contributed by atoms with Crippen LogP contribution in [0.2, 0.25) is 0 Å². The fourth-order valence-corrected chi connectivity index (χ4v) is 1.76. The Bertz CT molecular complexity index is 237. The zero-order chi connectivity index (χ0) is 15.5. The van der Waals surface area contributed by atoms with E-state index in [1.807, 2.05) is 0 Å². The van der Waals surface area contributed by atoms with Crippen LogP contribution in [-0.4, -0.2) is 0 Å². The van der Waals surface area contributed by atoms with Gasteiger partial charge in [-0.15, -0.1) is 0 Å². The van der Waals surface area contributed by atoms with Crippen molar-refractivity contribution in [2.75, 3.05) is 0 Å². The molecule has 0 nitrogen and oxygen atoms in total. The lowest BCUT2D eigenvalue weighted by Crippen LogP contribution is -2.04. The molecule has 0 N–H and O–H groups in total. The minimum Gasteiger partial charge on any atom is -0.0999 e. The molecule has 0 saturated carbocycles. The number of rotatable bonds is 7. The number of hydrogen-bond donors (Lipinski definition) is 0. The Morgan fingerprint density at radius 1 is 0.947 bits per heavy atom. The average Bonchev–Trinajstić information content (AvgIpc) is 2.25. The van der Waals surface area contributed by atoms with Gasteiger partial charge in [0.25, 0.3) is 0 Å². The molecule has 0 aliphatic heterocycles. The van der Waals surface area contributed by atoms with Crippen LogP contribution in [0.15, 0.2) is 24.3 Å². The van der Waals surface area contributed by atoms with Gasteiger partial charge in [0, 0.05) is 0 Å². The van der Waals surface area contributed by atoms with Crippen LogP contribution in [0.3, 0.4) is 0 Å². The third-order valence-electron chi connectivity index (χ3n) is 3.03. The molecule has 0 aromatic rings. The lowest BCUT2D eigenvalue weighted by Gasteiger charge is -2.17. The number of allylic oxidation sites excluding steroid dienone is 2. The van der Waals surface area contributed by atoms with E-state index in [0.29, 0.717) is 5.41 Å². The molecule has 0 aliphatic rings. The van der Waals surface area contributed by atoms with Crippen molar-refractivity contribution < 1.29 is 0 Å². The molecule has 0 aromatic heterocycles. The summed E-state index contributed by atoms with van der Waals surface area (Å²) in [5.41, 5.74) is 3.26. The van der Waals surface area contributed by atoms with E-state index in [1.165, 1.54) is 43.3 Å². The van der Waals surface area contributed by atoms with Crippen molar-refractivity contribution in [3.05, 3.63) is 24.3 Å². The molecule has 0 heterocycles. The lowest BCUT2D eigenvalue weighted by atomic mass is 9.88. The second kappa shape index (κ2) is 11.3. The van der Waals surface area contributed by atoms with Crippen molar-refractivity contribution in [3.8, 4) is 0 Å². The monoisotopic (exact) mass is 266 g/mol. The van der Waals surface area contributed by atoms with Gasteiger partial charge in [0.1, 0.15) is 0 Å². The van der Waals surface area contributed by atoms with Crippen LogP contribution in [0.1, 0.15) is 87.0 Å². The van der Waals surface area contributed by atoms with Crippen LogP contribution >= 0.6 is 0 Å². The van der Waals surface area contributed by atoms with E-state index in [-0.39, 0.29) is 0 Å². The summed E-state index contributed by atoms with van der Waals surface area (Å²) < 4.78 is 0. The van der Waals surface area contributed by atoms with Gasteiger partial charge in [-0.1, -0.05) is 79.2 Å². The average molecular weight is 267 g/mol. The topological polar surface area (TPSA) is 0 Å². The van der Waals surface area contributed by atoms with Crippen molar-refractivity contribution in [3.63, 3.8) is 0 Å². The van der Waals surface area contributed by atoms with Crippen molar-refractivity contribution in [2.24, 2.45) is 11.3 Å². The minimum absolute atomic E-state index is 0.470. The second-order valence-corrected chi connectivity index (χ2v) is 7.26. The summed E-state index contributed by atoms with van der Waals surface area (Å²) in [7, 11) is 0. The first-order valence-corrected chi connectivity index (χ1v) is 7.95. The molecule has 0 atom stereocenters.